The average molecular weight is 600 g/mol. The van der Waals surface area contributed by atoms with Gasteiger partial charge in [0.2, 0.25) is 29.5 Å². The number of benzene rings is 1. The predicted molar refractivity (Wildman–Crippen MR) is 155 cm³/mol. The van der Waals surface area contributed by atoms with Crippen molar-refractivity contribution in [3.8, 4) is 5.75 Å². The fraction of sp³-hybridized carbons (Fsp3) is 0.500. The highest BCUT2D eigenvalue weighted by atomic mass is 32.2. The van der Waals surface area contributed by atoms with Crippen LogP contribution in [0, 0.1) is 5.92 Å². The number of rotatable bonds is 11. The number of hydrogen-bond acceptors (Lipinski definition) is 8. The van der Waals surface area contributed by atoms with E-state index in [1.807, 2.05) is 0 Å². The van der Waals surface area contributed by atoms with Gasteiger partial charge in [-0.1, -0.05) is 26.0 Å². The first-order valence-corrected chi connectivity index (χ1v) is 14.8. The van der Waals surface area contributed by atoms with Crippen molar-refractivity contribution >= 4 is 41.3 Å². The highest BCUT2D eigenvalue weighted by Crippen LogP contribution is 2.44. The van der Waals surface area contributed by atoms with Crippen LogP contribution in [-0.2, 0) is 36.8 Å². The molecule has 226 valence electrons. The zero-order chi connectivity index (χ0) is 30.6. The molecule has 5 atom stereocenters. The molecule has 0 aliphatic carbocycles. The van der Waals surface area contributed by atoms with E-state index in [9.17, 15) is 29.1 Å². The van der Waals surface area contributed by atoms with Crippen LogP contribution in [0.25, 0.3) is 0 Å². The van der Waals surface area contributed by atoms with Crippen molar-refractivity contribution in [1.82, 2.24) is 36.1 Å². The van der Waals surface area contributed by atoms with E-state index in [2.05, 4.69) is 31.2 Å². The zero-order valence-electron chi connectivity index (χ0n) is 24.0. The van der Waals surface area contributed by atoms with Crippen LogP contribution in [0.1, 0.15) is 38.4 Å². The molecule has 0 bridgehead atoms. The van der Waals surface area contributed by atoms with E-state index >= 15 is 0 Å². The van der Waals surface area contributed by atoms with Crippen LogP contribution < -0.4 is 21.3 Å². The van der Waals surface area contributed by atoms with Crippen LogP contribution in [-0.4, -0.2) is 91.3 Å². The lowest BCUT2D eigenvalue weighted by Gasteiger charge is -2.33. The molecule has 42 heavy (non-hydrogen) atoms. The van der Waals surface area contributed by atoms with Crippen molar-refractivity contribution in [3.05, 3.63) is 48.0 Å². The number of thioether (sulfide) groups is 1. The molecule has 1 aromatic heterocycles. The predicted octanol–water partition coefficient (Wildman–Crippen LogP) is -0.179. The highest BCUT2D eigenvalue weighted by Gasteiger charge is 2.59. The second-order valence-electron chi connectivity index (χ2n) is 11.0. The number of carbonyl (C=O) groups is 5. The Morgan fingerprint density at radius 3 is 2.48 bits per heavy atom. The maximum Gasteiger partial charge on any atom is 0.250 e. The third-order valence-corrected chi connectivity index (χ3v) is 8.82. The van der Waals surface area contributed by atoms with Gasteiger partial charge in [-0.25, -0.2) is 4.98 Å². The number of imidazole rings is 1. The SMILES string of the molecule is CNC(=O)[C@H](Cc1cnc[nH]1)NC(=O)[C@@H]1CS[C@H]2C[C@@](Cc3ccc(O)cc3)(NC(=O)[C@@H](NC(C)=O)C(C)C)C(=O)N21. The third-order valence-electron chi connectivity index (χ3n) is 7.53. The number of fused-ring (bicyclic) bond motifs is 1. The Morgan fingerprint density at radius 2 is 1.88 bits per heavy atom. The monoisotopic (exact) mass is 599 g/mol. The Labute approximate surface area is 248 Å². The van der Waals surface area contributed by atoms with Crippen molar-refractivity contribution in [3.63, 3.8) is 0 Å². The summed E-state index contributed by atoms with van der Waals surface area (Å²) < 4.78 is 0. The van der Waals surface area contributed by atoms with Crippen LogP contribution in [0.15, 0.2) is 36.8 Å². The minimum absolute atomic E-state index is 0.0637. The number of amides is 5. The van der Waals surface area contributed by atoms with Crippen molar-refractivity contribution in [2.45, 2.75) is 69.1 Å². The van der Waals surface area contributed by atoms with Crippen molar-refractivity contribution in [2.24, 2.45) is 5.92 Å². The van der Waals surface area contributed by atoms with Crippen LogP contribution in [0.5, 0.6) is 5.75 Å². The first kappa shape index (κ1) is 30.9. The molecule has 0 unspecified atom stereocenters. The molecule has 0 saturated carbocycles. The second-order valence-corrected chi connectivity index (χ2v) is 12.2. The van der Waals surface area contributed by atoms with Gasteiger partial charge in [0, 0.05) is 50.9 Å². The molecule has 14 heteroatoms. The minimum Gasteiger partial charge on any atom is -0.508 e. The van der Waals surface area contributed by atoms with Crippen molar-refractivity contribution in [2.75, 3.05) is 12.8 Å². The highest BCUT2D eigenvalue weighted by molar-refractivity contribution is 8.00. The van der Waals surface area contributed by atoms with Gasteiger partial charge in [-0.05, 0) is 23.6 Å². The van der Waals surface area contributed by atoms with Gasteiger partial charge in [0.05, 0.1) is 11.7 Å². The first-order chi connectivity index (χ1) is 19.9. The molecular formula is C28H37N7O6S. The molecule has 6 N–H and O–H groups in total. The molecule has 1 aromatic carbocycles. The molecule has 2 aliphatic heterocycles. The van der Waals surface area contributed by atoms with Gasteiger partial charge in [-0.15, -0.1) is 11.8 Å². The molecule has 13 nitrogen and oxygen atoms in total. The van der Waals surface area contributed by atoms with Crippen molar-refractivity contribution in [1.29, 1.82) is 0 Å². The lowest BCUT2D eigenvalue weighted by atomic mass is 9.87. The number of phenolic OH excluding ortho intramolecular Hbond substituents is 1. The van der Waals surface area contributed by atoms with Gasteiger partial charge in [-0.2, -0.15) is 0 Å². The second kappa shape index (κ2) is 12.8. The number of aromatic hydroxyl groups is 1. The summed E-state index contributed by atoms with van der Waals surface area (Å²) in [7, 11) is 1.48. The molecule has 2 saturated heterocycles. The first-order valence-electron chi connectivity index (χ1n) is 13.7. The number of nitrogens with zero attached hydrogens (tertiary/aromatic N) is 2. The summed E-state index contributed by atoms with van der Waals surface area (Å²) in [6.45, 7) is 4.91. The topological polar surface area (TPSA) is 186 Å². The van der Waals surface area contributed by atoms with Gasteiger partial charge in [0.25, 0.3) is 0 Å². The number of carbonyl (C=O) groups excluding carboxylic acids is 5. The standard InChI is InChI=1S/C28H37N7O6S/c1-15(2)23(32-16(3)36)26(40)34-28(10-17-5-7-19(37)8-6-17)11-22-35(27(28)41)21(13-42-22)25(39)33-20(24(38)29-4)9-18-12-30-14-31-18/h5-8,12,14-15,20-23,37H,9-11,13H2,1-4H3,(H,29,38)(H,30,31)(H,32,36)(H,33,39)(H,34,40)/t20-,21-,22-,23-,28+/m0/s1. The van der Waals surface area contributed by atoms with Crippen LogP contribution >= 0.6 is 11.8 Å². The van der Waals surface area contributed by atoms with E-state index in [0.29, 0.717) is 17.0 Å². The Morgan fingerprint density at radius 1 is 1.17 bits per heavy atom. The Balaban J connectivity index is 1.60. The molecule has 2 fully saturated rings. The Kier molecular flexibility index (Phi) is 9.44. The average Bonchev–Trinajstić information content (AvgIpc) is 3.66. The normalized spacial score (nSPS) is 22.8. The molecule has 4 rings (SSSR count). The van der Waals surface area contributed by atoms with Gasteiger partial charge in [-0.3, -0.25) is 24.0 Å². The van der Waals surface area contributed by atoms with Gasteiger partial charge < -0.3 is 36.3 Å². The summed E-state index contributed by atoms with van der Waals surface area (Å²) in [5.74, 6) is -2.02. The van der Waals surface area contributed by atoms with Crippen LogP contribution in [0.4, 0.5) is 0 Å². The maximum absolute atomic E-state index is 14.3. The Bertz CT molecular complexity index is 1320. The van der Waals surface area contributed by atoms with Gasteiger partial charge in [0.1, 0.15) is 29.4 Å². The lowest BCUT2D eigenvalue weighted by molar-refractivity contribution is -0.143. The zero-order valence-corrected chi connectivity index (χ0v) is 24.8. The maximum atomic E-state index is 14.3. The molecular weight excluding hydrogens is 562 g/mol. The summed E-state index contributed by atoms with van der Waals surface area (Å²) in [5, 5.41) is 20.3. The van der Waals surface area contributed by atoms with E-state index < -0.39 is 46.8 Å². The molecule has 2 aliphatic rings. The van der Waals surface area contributed by atoms with E-state index in [1.54, 1.807) is 32.2 Å². The summed E-state index contributed by atoms with van der Waals surface area (Å²) in [6.07, 6.45) is 3.58. The number of H-pyrrole nitrogens is 1. The molecule has 0 spiro atoms. The largest absolute Gasteiger partial charge is 0.508 e. The fourth-order valence-corrected chi connectivity index (χ4v) is 6.94. The summed E-state index contributed by atoms with van der Waals surface area (Å²) >= 11 is 1.43. The van der Waals surface area contributed by atoms with Crippen LogP contribution in [0.2, 0.25) is 0 Å². The van der Waals surface area contributed by atoms with Gasteiger partial charge in [0.15, 0.2) is 0 Å². The molecule has 2 aromatic rings. The number of hydrogen-bond donors (Lipinski definition) is 6. The molecule has 0 radical (unpaired) electrons. The van der Waals surface area contributed by atoms with E-state index in [-0.39, 0.29) is 42.7 Å². The number of nitrogens with one attached hydrogen (secondary N) is 5. The minimum atomic E-state index is -1.40. The quantitative estimate of drug-likeness (QED) is 0.205. The summed E-state index contributed by atoms with van der Waals surface area (Å²) in [4.78, 5) is 74.2. The number of aromatic amines is 1. The third kappa shape index (κ3) is 6.69. The van der Waals surface area contributed by atoms with Gasteiger partial charge >= 0.3 is 0 Å². The Hall–Kier alpha value is -4.07. The summed E-state index contributed by atoms with van der Waals surface area (Å²) in [6, 6.07) is 3.73. The van der Waals surface area contributed by atoms with Crippen LogP contribution in [0.3, 0.4) is 0 Å². The number of phenols is 1. The fourth-order valence-electron chi connectivity index (χ4n) is 5.42. The molecule has 5 amide bonds. The number of aromatic nitrogens is 2. The number of likely N-dealkylation sites (N-methyl/N-ethyl adjacent to an activating group) is 1. The van der Waals surface area contributed by atoms with E-state index in [0.717, 1.165) is 0 Å². The van der Waals surface area contributed by atoms with E-state index in [4.69, 9.17) is 0 Å². The summed E-state index contributed by atoms with van der Waals surface area (Å²) in [5.41, 5.74) is -0.0327. The lowest BCUT2D eigenvalue weighted by Crippen LogP contribution is -2.62. The molecule has 3 heterocycles. The smallest absolute Gasteiger partial charge is 0.250 e. The van der Waals surface area contributed by atoms with Crippen molar-refractivity contribution < 1.29 is 29.1 Å². The van der Waals surface area contributed by atoms with E-state index in [1.165, 1.54) is 49.1 Å².